The first kappa shape index (κ1) is 5.41. The third-order valence-electron chi connectivity index (χ3n) is 0.611. The number of hydrogen-bond donors (Lipinski definition) is 1. The van der Waals surface area contributed by atoms with Gasteiger partial charge in [0, 0.05) is 14.5 Å². The number of alkyl halides is 1. The van der Waals surface area contributed by atoms with E-state index >= 15 is 0 Å². The van der Waals surface area contributed by atoms with Crippen molar-refractivity contribution in [3.63, 3.8) is 0 Å². The molecule has 0 aliphatic rings. The van der Waals surface area contributed by atoms with Gasteiger partial charge in [-0.1, -0.05) is 15.9 Å². The number of carbonyl (C=O) groups excluding carboxylic acids is 1. The van der Waals surface area contributed by atoms with Crippen molar-refractivity contribution in [2.45, 2.75) is 26.4 Å². The maximum absolute atomic E-state index is 11.2. The fourth-order valence-electron chi connectivity index (χ4n) is 0.378. The lowest BCUT2D eigenvalue weighted by molar-refractivity contribution is 0.0531. The van der Waals surface area contributed by atoms with Crippen molar-refractivity contribution in [2.75, 3.05) is 11.8 Å². The van der Waals surface area contributed by atoms with E-state index in [2.05, 4.69) is 15.9 Å². The Morgan fingerprint density at radius 1 is 1.73 bits per heavy atom. The van der Waals surface area contributed by atoms with Crippen molar-refractivity contribution in [1.29, 1.82) is 0 Å². The molecule has 0 aromatic rings. The van der Waals surface area contributed by atoms with Crippen LogP contribution >= 0.6 is 15.9 Å². The van der Waals surface area contributed by atoms with Gasteiger partial charge in [0.1, 0.15) is 5.60 Å². The number of amides is 1. The number of hydrogen-bond acceptors (Lipinski definition) is 2. The van der Waals surface area contributed by atoms with Crippen molar-refractivity contribution in [3.8, 4) is 0 Å². The minimum absolute atomic E-state index is 0.751. The second kappa shape index (κ2) is 4.59. The summed E-state index contributed by atoms with van der Waals surface area (Å²) in [5, 5.41) is -0.561. The van der Waals surface area contributed by atoms with Crippen molar-refractivity contribution >= 4 is 22.0 Å². The van der Waals surface area contributed by atoms with Crippen LogP contribution in [0.25, 0.3) is 0 Å². The summed E-state index contributed by atoms with van der Waals surface area (Å²) < 4.78 is 33.5. The highest BCUT2D eigenvalue weighted by atomic mass is 79.9. The van der Waals surface area contributed by atoms with Crippen LogP contribution in [0.15, 0.2) is 0 Å². The zero-order chi connectivity index (χ0) is 12.5. The number of carbonyl (C=O) groups is 1. The molecule has 0 fully saturated rings. The Balaban J connectivity index is 4.43. The second-order valence-electron chi connectivity index (χ2n) is 2.85. The van der Waals surface area contributed by atoms with Gasteiger partial charge in [-0.3, -0.25) is 0 Å². The monoisotopic (exact) mass is 227 g/mol. The molecule has 1 amide bonds. The third-order valence-corrected chi connectivity index (χ3v) is 0.809. The molecule has 0 rings (SSSR count). The maximum Gasteiger partial charge on any atom is 0.407 e. The first-order valence-electron chi connectivity index (χ1n) is 5.05. The summed E-state index contributed by atoms with van der Waals surface area (Å²) in [4.78, 5) is 11.2. The minimum Gasteiger partial charge on any atom is -0.444 e. The molecule has 1 N–H and O–H groups in total. The predicted octanol–water partition coefficient (Wildman–Crippen LogP) is 1.91. The molecule has 0 heterocycles. The molecule has 0 aromatic carbocycles. The summed E-state index contributed by atoms with van der Waals surface area (Å²) in [5.41, 5.74) is -0.751. The van der Waals surface area contributed by atoms with Gasteiger partial charge >= 0.3 is 6.09 Å². The molecule has 0 aliphatic heterocycles. The molecule has 11 heavy (non-hydrogen) atoms. The van der Waals surface area contributed by atoms with Crippen molar-refractivity contribution < 1.29 is 15.0 Å². The van der Waals surface area contributed by atoms with E-state index in [-0.39, 0.29) is 0 Å². The summed E-state index contributed by atoms with van der Waals surface area (Å²) >= 11 is 2.50. The van der Waals surface area contributed by atoms with Crippen molar-refractivity contribution in [3.05, 3.63) is 0 Å². The van der Waals surface area contributed by atoms with Gasteiger partial charge in [0.25, 0.3) is 0 Å². The van der Waals surface area contributed by atoms with Crippen LogP contribution in [0.5, 0.6) is 0 Å². The highest BCUT2D eigenvalue weighted by Crippen LogP contribution is 2.05. The molecule has 0 atom stereocenters. The van der Waals surface area contributed by atoms with Gasteiger partial charge in [-0.2, -0.15) is 0 Å². The normalized spacial score (nSPS) is 18.9. The average Bonchev–Trinajstić information content (AvgIpc) is 1.75. The van der Waals surface area contributed by atoms with Gasteiger partial charge in [0.15, 0.2) is 0 Å². The smallest absolute Gasteiger partial charge is 0.407 e. The molecule has 0 aliphatic carbocycles. The van der Waals surface area contributed by atoms with Crippen LogP contribution in [0, 0.1) is 0 Å². The summed E-state index contributed by atoms with van der Waals surface area (Å²) in [5.74, 6) is 0. The lowest BCUT2D eigenvalue weighted by Gasteiger charge is -2.19. The Hall–Kier alpha value is -0.250. The quantitative estimate of drug-likeness (QED) is 0.733. The molecule has 0 saturated heterocycles. The number of ether oxygens (including phenoxy) is 1. The van der Waals surface area contributed by atoms with E-state index in [4.69, 9.17) is 10.2 Å². The molecule has 0 spiro atoms. The van der Waals surface area contributed by atoms with Crippen LogP contribution in [0.3, 0.4) is 0 Å². The van der Waals surface area contributed by atoms with Crippen molar-refractivity contribution in [2.24, 2.45) is 0 Å². The first-order valence-corrected chi connectivity index (χ1v) is 3.84. The highest BCUT2D eigenvalue weighted by molar-refractivity contribution is 9.09. The summed E-state index contributed by atoms with van der Waals surface area (Å²) in [7, 11) is 0. The zero-order valence-corrected chi connectivity index (χ0v) is 8.28. The van der Waals surface area contributed by atoms with Crippen LogP contribution < -0.4 is 5.32 Å². The molecular weight excluding hydrogens is 210 g/mol. The Bertz CT molecular complexity index is 246. The number of rotatable bonds is 2. The molecule has 0 aromatic heterocycles. The van der Waals surface area contributed by atoms with Gasteiger partial charge in [0.2, 0.25) is 0 Å². The predicted molar refractivity (Wildman–Crippen MR) is 48.0 cm³/mol. The van der Waals surface area contributed by atoms with E-state index in [1.165, 1.54) is 0 Å². The molecule has 0 radical (unpaired) electrons. The summed E-state index contributed by atoms with van der Waals surface area (Å²) in [6.07, 6.45) is -1.00. The van der Waals surface area contributed by atoms with Crippen molar-refractivity contribution in [1.82, 2.24) is 5.32 Å². The Labute approximate surface area is 81.2 Å². The standard InChI is InChI=1S/C7H14BrNO2/c1-7(2,3)11-6(10)9-5-4-8/h4-5H2,1-3H3,(H,9,10)/i4D2,5D2. The lowest BCUT2D eigenvalue weighted by atomic mass is 10.2. The fourth-order valence-corrected chi connectivity index (χ4v) is 0.477. The third kappa shape index (κ3) is 7.65. The topological polar surface area (TPSA) is 38.3 Å². The van der Waals surface area contributed by atoms with Gasteiger partial charge in [0.05, 0.1) is 2.74 Å². The van der Waals surface area contributed by atoms with Gasteiger partial charge in [-0.15, -0.1) is 0 Å². The lowest BCUT2D eigenvalue weighted by Crippen LogP contribution is -2.33. The molecule has 0 saturated carbocycles. The van der Waals surface area contributed by atoms with Crippen LogP contribution in [0.2, 0.25) is 0 Å². The van der Waals surface area contributed by atoms with E-state index in [9.17, 15) is 4.79 Å². The number of halogens is 1. The van der Waals surface area contributed by atoms with Crippen LogP contribution in [-0.4, -0.2) is 23.5 Å². The minimum atomic E-state index is -2.55. The SMILES string of the molecule is [2H]C([2H])(Br)C([2H])([2H])NC(=O)OC(C)(C)C. The van der Waals surface area contributed by atoms with Gasteiger partial charge in [-0.05, 0) is 20.8 Å². The maximum atomic E-state index is 11.2. The van der Waals surface area contributed by atoms with E-state index in [1.807, 2.05) is 0 Å². The molecule has 66 valence electrons. The summed E-state index contributed by atoms with van der Waals surface area (Å²) in [6.45, 7) is 2.34. The number of alkyl carbamates (subject to hydrolysis) is 1. The average molecular weight is 228 g/mol. The molecule has 3 nitrogen and oxygen atoms in total. The Morgan fingerprint density at radius 3 is 2.64 bits per heavy atom. The Morgan fingerprint density at radius 2 is 2.27 bits per heavy atom. The van der Waals surface area contributed by atoms with Crippen LogP contribution in [0.1, 0.15) is 26.3 Å². The zero-order valence-electron chi connectivity index (χ0n) is 10.7. The second-order valence-corrected chi connectivity index (χ2v) is 3.24. The molecule has 4 heteroatoms. The Kier molecular flexibility index (Phi) is 2.26. The molecule has 0 bridgehead atoms. The van der Waals surface area contributed by atoms with Gasteiger partial charge < -0.3 is 10.1 Å². The van der Waals surface area contributed by atoms with E-state index < -0.39 is 23.5 Å². The van der Waals surface area contributed by atoms with E-state index in [0.29, 0.717) is 0 Å². The summed E-state index contributed by atoms with van der Waals surface area (Å²) in [6, 6.07) is 0. The fraction of sp³-hybridized carbons (Fsp3) is 0.857. The first-order chi connectivity index (χ1) is 6.35. The highest BCUT2D eigenvalue weighted by Gasteiger charge is 2.14. The van der Waals surface area contributed by atoms with E-state index in [1.54, 1.807) is 26.1 Å². The van der Waals surface area contributed by atoms with Gasteiger partial charge in [-0.25, -0.2) is 4.79 Å². The molecular formula is C7H14BrNO2. The van der Waals surface area contributed by atoms with Crippen LogP contribution in [-0.2, 0) is 4.74 Å². The molecule has 0 unspecified atom stereocenters. The largest absolute Gasteiger partial charge is 0.444 e. The van der Waals surface area contributed by atoms with E-state index in [0.717, 1.165) is 0 Å². The van der Waals surface area contributed by atoms with Crippen LogP contribution in [0.4, 0.5) is 4.79 Å². The number of nitrogens with one attached hydrogen (secondary N) is 1.